The number of thioether (sulfide) groups is 1. The monoisotopic (exact) mass is 234 g/mol. The first-order valence-electron chi connectivity index (χ1n) is 4.38. The zero-order chi connectivity index (χ0) is 11.3. The molecule has 0 amide bonds. The summed E-state index contributed by atoms with van der Waals surface area (Å²) in [7, 11) is 1.48. The molecule has 5 heteroatoms. The molecule has 0 saturated heterocycles. The fourth-order valence-electron chi connectivity index (χ4n) is 1.02. The van der Waals surface area contributed by atoms with E-state index < -0.39 is 17.7 Å². The highest BCUT2D eigenvalue weighted by Crippen LogP contribution is 2.22. The normalized spacial score (nSPS) is 12.8. The number of aliphatic hydroxyl groups is 1. The first-order valence-corrected chi connectivity index (χ1v) is 5.37. The van der Waals surface area contributed by atoms with Crippen molar-refractivity contribution < 1.29 is 18.6 Å². The van der Waals surface area contributed by atoms with Crippen molar-refractivity contribution in [2.24, 2.45) is 0 Å². The standard InChI is InChI=1S/C10H12F2O2S/c1-14-5-8(13)6-15-10-3-2-7(11)4-9(10)12/h2-4,8,13H,5-6H2,1H3. The smallest absolute Gasteiger partial charge is 0.139 e. The number of ether oxygens (including phenoxy) is 1. The molecule has 1 rings (SSSR count). The van der Waals surface area contributed by atoms with E-state index >= 15 is 0 Å². The summed E-state index contributed by atoms with van der Waals surface area (Å²) >= 11 is 1.13. The van der Waals surface area contributed by atoms with Crippen LogP contribution in [0.5, 0.6) is 0 Å². The lowest BCUT2D eigenvalue weighted by Crippen LogP contribution is -2.16. The fourth-order valence-corrected chi connectivity index (χ4v) is 1.85. The molecule has 0 spiro atoms. The molecule has 1 unspecified atom stereocenters. The van der Waals surface area contributed by atoms with Crippen molar-refractivity contribution in [3.63, 3.8) is 0 Å². The van der Waals surface area contributed by atoms with E-state index in [1.165, 1.54) is 19.2 Å². The number of benzene rings is 1. The summed E-state index contributed by atoms with van der Waals surface area (Å²) in [4.78, 5) is 0.326. The molecule has 0 fully saturated rings. The van der Waals surface area contributed by atoms with Gasteiger partial charge in [0.05, 0.1) is 12.7 Å². The van der Waals surface area contributed by atoms with Crippen LogP contribution in [0.1, 0.15) is 0 Å². The van der Waals surface area contributed by atoms with Crippen LogP contribution in [-0.4, -0.2) is 30.7 Å². The Morgan fingerprint density at radius 2 is 2.20 bits per heavy atom. The van der Waals surface area contributed by atoms with E-state index in [1.807, 2.05) is 0 Å². The van der Waals surface area contributed by atoms with Gasteiger partial charge in [0.1, 0.15) is 11.6 Å². The summed E-state index contributed by atoms with van der Waals surface area (Å²) in [5.74, 6) is -0.893. The van der Waals surface area contributed by atoms with Gasteiger partial charge in [-0.1, -0.05) is 0 Å². The summed E-state index contributed by atoms with van der Waals surface area (Å²) in [6.45, 7) is 0.204. The van der Waals surface area contributed by atoms with E-state index in [9.17, 15) is 13.9 Å². The molecule has 1 aromatic rings. The van der Waals surface area contributed by atoms with Crippen molar-refractivity contribution in [3.8, 4) is 0 Å². The van der Waals surface area contributed by atoms with E-state index in [4.69, 9.17) is 4.74 Å². The maximum Gasteiger partial charge on any atom is 0.139 e. The number of halogens is 2. The second-order valence-electron chi connectivity index (χ2n) is 2.99. The summed E-state index contributed by atoms with van der Waals surface area (Å²) in [6.07, 6.45) is -0.649. The van der Waals surface area contributed by atoms with E-state index in [0.29, 0.717) is 10.6 Å². The van der Waals surface area contributed by atoms with Crippen LogP contribution in [-0.2, 0) is 4.74 Å². The van der Waals surface area contributed by atoms with Crippen molar-refractivity contribution in [1.29, 1.82) is 0 Å². The first-order chi connectivity index (χ1) is 7.13. The van der Waals surface area contributed by atoms with Crippen molar-refractivity contribution in [2.75, 3.05) is 19.5 Å². The largest absolute Gasteiger partial charge is 0.390 e. The van der Waals surface area contributed by atoms with Gasteiger partial charge in [0.15, 0.2) is 0 Å². The third-order valence-electron chi connectivity index (χ3n) is 1.68. The third kappa shape index (κ3) is 4.15. The van der Waals surface area contributed by atoms with Crippen LogP contribution in [0.15, 0.2) is 23.1 Å². The minimum atomic E-state index is -0.649. The van der Waals surface area contributed by atoms with Gasteiger partial charge in [-0.3, -0.25) is 0 Å². The molecule has 1 atom stereocenters. The molecule has 0 radical (unpaired) electrons. The molecule has 84 valence electrons. The first kappa shape index (κ1) is 12.4. The van der Waals surface area contributed by atoms with Crippen molar-refractivity contribution in [2.45, 2.75) is 11.0 Å². The summed E-state index contributed by atoms with van der Waals surface area (Å²) in [5.41, 5.74) is 0. The maximum absolute atomic E-state index is 13.1. The predicted molar refractivity (Wildman–Crippen MR) is 55.0 cm³/mol. The van der Waals surface area contributed by atoms with Gasteiger partial charge >= 0.3 is 0 Å². The molecule has 1 aromatic carbocycles. The molecule has 15 heavy (non-hydrogen) atoms. The molecule has 0 aliphatic rings. The quantitative estimate of drug-likeness (QED) is 0.791. The van der Waals surface area contributed by atoms with Crippen LogP contribution < -0.4 is 0 Å². The Balaban J connectivity index is 2.50. The van der Waals surface area contributed by atoms with E-state index in [1.54, 1.807) is 0 Å². The fraction of sp³-hybridized carbons (Fsp3) is 0.400. The Morgan fingerprint density at radius 3 is 2.80 bits per heavy atom. The zero-order valence-corrected chi connectivity index (χ0v) is 9.06. The predicted octanol–water partition coefficient (Wildman–Crippen LogP) is 2.06. The van der Waals surface area contributed by atoms with Crippen LogP contribution in [0.2, 0.25) is 0 Å². The number of hydrogen-bond donors (Lipinski definition) is 1. The number of aliphatic hydroxyl groups excluding tert-OH is 1. The lowest BCUT2D eigenvalue weighted by Gasteiger charge is -2.09. The summed E-state index contributed by atoms with van der Waals surface area (Å²) in [5, 5.41) is 9.31. The van der Waals surface area contributed by atoms with Crippen molar-refractivity contribution >= 4 is 11.8 Å². The van der Waals surface area contributed by atoms with Crippen LogP contribution >= 0.6 is 11.8 Å². The molecule has 0 aliphatic heterocycles. The molecule has 2 nitrogen and oxygen atoms in total. The van der Waals surface area contributed by atoms with Gasteiger partial charge in [-0.25, -0.2) is 8.78 Å². The topological polar surface area (TPSA) is 29.5 Å². The molecule has 0 heterocycles. The van der Waals surface area contributed by atoms with Gasteiger partial charge in [0.2, 0.25) is 0 Å². The highest BCUT2D eigenvalue weighted by Gasteiger charge is 2.08. The van der Waals surface area contributed by atoms with E-state index in [0.717, 1.165) is 17.8 Å². The van der Waals surface area contributed by atoms with Crippen LogP contribution in [0.3, 0.4) is 0 Å². The molecule has 0 aliphatic carbocycles. The number of hydrogen-bond acceptors (Lipinski definition) is 3. The van der Waals surface area contributed by atoms with Gasteiger partial charge in [0, 0.05) is 23.8 Å². The molecular formula is C10H12F2O2S. The number of methoxy groups -OCH3 is 1. The molecule has 0 saturated carbocycles. The van der Waals surface area contributed by atoms with Crippen LogP contribution in [0.25, 0.3) is 0 Å². The Bertz CT molecular complexity index is 320. The SMILES string of the molecule is COCC(O)CSc1ccc(F)cc1F. The van der Waals surface area contributed by atoms with Crippen molar-refractivity contribution in [1.82, 2.24) is 0 Å². The average Bonchev–Trinajstić information content (AvgIpc) is 2.17. The molecule has 1 N–H and O–H groups in total. The Hall–Kier alpha value is -0.650. The van der Waals surface area contributed by atoms with Crippen molar-refractivity contribution in [3.05, 3.63) is 29.8 Å². The minimum Gasteiger partial charge on any atom is -0.390 e. The summed E-state index contributed by atoms with van der Waals surface area (Å²) in [6, 6.07) is 3.37. The minimum absolute atomic E-state index is 0.204. The van der Waals surface area contributed by atoms with Gasteiger partial charge in [-0.15, -0.1) is 11.8 Å². The maximum atomic E-state index is 13.1. The molecular weight excluding hydrogens is 222 g/mol. The number of rotatable bonds is 5. The zero-order valence-electron chi connectivity index (χ0n) is 8.24. The lowest BCUT2D eigenvalue weighted by atomic mass is 10.3. The summed E-state index contributed by atoms with van der Waals surface area (Å²) < 4.78 is 30.4. The van der Waals surface area contributed by atoms with E-state index in [-0.39, 0.29) is 6.61 Å². The highest BCUT2D eigenvalue weighted by molar-refractivity contribution is 7.99. The van der Waals surface area contributed by atoms with Gasteiger partial charge in [-0.2, -0.15) is 0 Å². The van der Waals surface area contributed by atoms with Gasteiger partial charge in [-0.05, 0) is 12.1 Å². The molecule has 0 bridgehead atoms. The molecule has 0 aromatic heterocycles. The Labute approximate surface area is 91.3 Å². The van der Waals surface area contributed by atoms with E-state index in [2.05, 4.69) is 0 Å². The van der Waals surface area contributed by atoms with Gasteiger partial charge < -0.3 is 9.84 Å². The lowest BCUT2D eigenvalue weighted by molar-refractivity contribution is 0.0794. The second-order valence-corrected chi connectivity index (χ2v) is 4.06. The van der Waals surface area contributed by atoms with Crippen LogP contribution in [0.4, 0.5) is 8.78 Å². The highest BCUT2D eigenvalue weighted by atomic mass is 32.2. The Morgan fingerprint density at radius 1 is 1.47 bits per heavy atom. The Kier molecular flexibility index (Phi) is 5.01. The second kappa shape index (κ2) is 6.05. The van der Waals surface area contributed by atoms with Crippen LogP contribution in [0, 0.1) is 11.6 Å². The third-order valence-corrected chi connectivity index (χ3v) is 2.88. The van der Waals surface area contributed by atoms with Gasteiger partial charge in [0.25, 0.3) is 0 Å². The average molecular weight is 234 g/mol.